The maximum atomic E-state index is 12.3. The van der Waals surface area contributed by atoms with Gasteiger partial charge in [-0.25, -0.2) is 4.98 Å². The molecule has 7 nitrogen and oxygen atoms in total. The summed E-state index contributed by atoms with van der Waals surface area (Å²) in [6.07, 6.45) is 2.30. The Bertz CT molecular complexity index is 644. The molecule has 1 amide bonds. The summed E-state index contributed by atoms with van der Waals surface area (Å²) < 4.78 is 0. The number of carbonyl (C=O) groups excluding carboxylic acids is 1. The van der Waals surface area contributed by atoms with Crippen molar-refractivity contribution in [3.63, 3.8) is 0 Å². The minimum atomic E-state index is 0.285. The van der Waals surface area contributed by atoms with Crippen LogP contribution in [0.5, 0.6) is 0 Å². The normalized spacial score (nSPS) is 19.2. The van der Waals surface area contributed by atoms with Crippen LogP contribution in [0.1, 0.15) is 43.3 Å². The quantitative estimate of drug-likeness (QED) is 0.609. The molecule has 1 aromatic rings. The third-order valence-corrected chi connectivity index (χ3v) is 6.39. The highest BCUT2D eigenvalue weighted by molar-refractivity contribution is 7.09. The van der Waals surface area contributed by atoms with Gasteiger partial charge in [-0.1, -0.05) is 13.8 Å². The Balaban J connectivity index is 1.43. The standard InChI is InChI=1S/C19H32N6OS/c1-15(2)18-22-16(14-27-18)12-21-19(20-3)25-10-8-23(9-11-25)13-17(26)24-6-4-5-7-24/h14-15H,4-13H2,1-3H3,(H,20,21). The summed E-state index contributed by atoms with van der Waals surface area (Å²) in [5.41, 5.74) is 1.07. The Morgan fingerprint density at radius 2 is 1.89 bits per heavy atom. The number of nitrogens with one attached hydrogen (secondary N) is 1. The molecular weight excluding hydrogens is 360 g/mol. The smallest absolute Gasteiger partial charge is 0.236 e. The summed E-state index contributed by atoms with van der Waals surface area (Å²) in [5, 5.41) is 6.74. The average molecular weight is 393 g/mol. The van der Waals surface area contributed by atoms with Crippen LogP contribution in [-0.2, 0) is 11.3 Å². The Morgan fingerprint density at radius 1 is 1.19 bits per heavy atom. The van der Waals surface area contributed by atoms with Crippen LogP contribution in [-0.4, -0.2) is 84.4 Å². The van der Waals surface area contributed by atoms with Crippen LogP contribution < -0.4 is 5.32 Å². The van der Waals surface area contributed by atoms with Crippen molar-refractivity contribution in [2.75, 3.05) is 52.9 Å². The maximum Gasteiger partial charge on any atom is 0.236 e. The Kier molecular flexibility index (Phi) is 7.07. The van der Waals surface area contributed by atoms with Crippen LogP contribution in [0.25, 0.3) is 0 Å². The molecule has 2 aliphatic heterocycles. The third-order valence-electron chi connectivity index (χ3n) is 5.19. The van der Waals surface area contributed by atoms with Gasteiger partial charge in [0.1, 0.15) is 0 Å². The van der Waals surface area contributed by atoms with Crippen molar-refractivity contribution in [1.82, 2.24) is 25.0 Å². The fourth-order valence-electron chi connectivity index (χ4n) is 3.55. The van der Waals surface area contributed by atoms with E-state index in [1.807, 2.05) is 11.9 Å². The van der Waals surface area contributed by atoms with Gasteiger partial charge in [-0.15, -0.1) is 11.3 Å². The number of hydrogen-bond donors (Lipinski definition) is 1. The predicted octanol–water partition coefficient (Wildman–Crippen LogP) is 1.58. The molecule has 27 heavy (non-hydrogen) atoms. The van der Waals surface area contributed by atoms with Crippen LogP contribution in [0.3, 0.4) is 0 Å². The Morgan fingerprint density at radius 3 is 2.48 bits per heavy atom. The first kappa shape index (κ1) is 20.1. The average Bonchev–Trinajstić information content (AvgIpc) is 3.35. The first-order valence-corrected chi connectivity index (χ1v) is 10.8. The van der Waals surface area contributed by atoms with E-state index in [2.05, 4.69) is 44.3 Å². The van der Waals surface area contributed by atoms with Crippen LogP contribution >= 0.6 is 11.3 Å². The van der Waals surface area contributed by atoms with Crippen LogP contribution in [0.4, 0.5) is 0 Å². The Labute approximate surface area is 166 Å². The summed E-state index contributed by atoms with van der Waals surface area (Å²) in [7, 11) is 1.83. The van der Waals surface area contributed by atoms with Gasteiger partial charge in [-0.05, 0) is 12.8 Å². The second-order valence-electron chi connectivity index (χ2n) is 7.58. The van der Waals surface area contributed by atoms with Gasteiger partial charge in [0.05, 0.1) is 23.8 Å². The summed E-state index contributed by atoms with van der Waals surface area (Å²) >= 11 is 1.72. The first-order valence-electron chi connectivity index (χ1n) is 9.97. The van der Waals surface area contributed by atoms with Gasteiger partial charge >= 0.3 is 0 Å². The van der Waals surface area contributed by atoms with Crippen molar-refractivity contribution in [3.8, 4) is 0 Å². The molecule has 2 aliphatic rings. The number of rotatable bonds is 5. The molecular formula is C19H32N6OS. The van der Waals surface area contributed by atoms with E-state index >= 15 is 0 Å². The molecule has 8 heteroatoms. The minimum absolute atomic E-state index is 0.285. The van der Waals surface area contributed by atoms with E-state index in [0.29, 0.717) is 19.0 Å². The number of aromatic nitrogens is 1. The number of hydrogen-bond acceptors (Lipinski definition) is 5. The molecule has 0 aromatic carbocycles. The number of guanidine groups is 1. The van der Waals surface area contributed by atoms with Crippen molar-refractivity contribution >= 4 is 23.2 Å². The molecule has 0 aliphatic carbocycles. The molecule has 0 unspecified atom stereocenters. The zero-order chi connectivity index (χ0) is 19.2. The highest BCUT2D eigenvalue weighted by atomic mass is 32.1. The van der Waals surface area contributed by atoms with E-state index < -0.39 is 0 Å². The number of piperazine rings is 1. The van der Waals surface area contributed by atoms with E-state index in [-0.39, 0.29) is 5.91 Å². The predicted molar refractivity (Wildman–Crippen MR) is 110 cm³/mol. The van der Waals surface area contributed by atoms with Crippen LogP contribution in [0.15, 0.2) is 10.4 Å². The van der Waals surface area contributed by atoms with E-state index in [1.54, 1.807) is 11.3 Å². The lowest BCUT2D eigenvalue weighted by Gasteiger charge is -2.36. The summed E-state index contributed by atoms with van der Waals surface area (Å²) in [6, 6.07) is 0. The van der Waals surface area contributed by atoms with E-state index in [9.17, 15) is 4.79 Å². The first-order chi connectivity index (χ1) is 13.1. The molecule has 0 radical (unpaired) electrons. The van der Waals surface area contributed by atoms with Gasteiger partial charge in [0, 0.05) is 57.6 Å². The Hall–Kier alpha value is -1.67. The van der Waals surface area contributed by atoms with Crippen molar-refractivity contribution < 1.29 is 4.79 Å². The summed E-state index contributed by atoms with van der Waals surface area (Å²) in [5.74, 6) is 1.67. The van der Waals surface area contributed by atoms with Gasteiger partial charge in [0.2, 0.25) is 5.91 Å². The lowest BCUT2D eigenvalue weighted by Crippen LogP contribution is -2.54. The molecule has 0 spiro atoms. The zero-order valence-electron chi connectivity index (χ0n) is 16.8. The molecule has 1 N–H and O–H groups in total. The van der Waals surface area contributed by atoms with Crippen LogP contribution in [0.2, 0.25) is 0 Å². The second kappa shape index (κ2) is 9.50. The number of nitrogens with zero attached hydrogens (tertiary/aromatic N) is 5. The molecule has 3 heterocycles. The topological polar surface area (TPSA) is 64.1 Å². The molecule has 1 aromatic heterocycles. The lowest BCUT2D eigenvalue weighted by atomic mass is 10.2. The molecule has 3 rings (SSSR count). The zero-order valence-corrected chi connectivity index (χ0v) is 17.6. The summed E-state index contributed by atoms with van der Waals surface area (Å²) in [4.78, 5) is 28.0. The van der Waals surface area contributed by atoms with Gasteiger partial charge in [0.25, 0.3) is 0 Å². The van der Waals surface area contributed by atoms with E-state index in [1.165, 1.54) is 5.01 Å². The van der Waals surface area contributed by atoms with Crippen LogP contribution in [0, 0.1) is 0 Å². The highest BCUT2D eigenvalue weighted by Gasteiger charge is 2.24. The number of carbonyl (C=O) groups is 1. The van der Waals surface area contributed by atoms with Gasteiger partial charge in [0.15, 0.2) is 5.96 Å². The molecule has 2 fully saturated rings. The van der Waals surface area contributed by atoms with E-state index in [4.69, 9.17) is 0 Å². The van der Waals surface area contributed by atoms with E-state index in [0.717, 1.165) is 63.8 Å². The largest absolute Gasteiger partial charge is 0.351 e. The number of likely N-dealkylation sites (tertiary alicyclic amines) is 1. The van der Waals surface area contributed by atoms with Gasteiger partial charge in [-0.3, -0.25) is 14.7 Å². The molecule has 0 bridgehead atoms. The highest BCUT2D eigenvalue weighted by Crippen LogP contribution is 2.19. The molecule has 150 valence electrons. The number of thiazole rings is 1. The van der Waals surface area contributed by atoms with Crippen molar-refractivity contribution in [2.24, 2.45) is 4.99 Å². The lowest BCUT2D eigenvalue weighted by molar-refractivity contribution is -0.131. The SMILES string of the molecule is CN=C(NCc1csc(C(C)C)n1)N1CCN(CC(=O)N2CCCC2)CC1. The van der Waals surface area contributed by atoms with Crippen molar-refractivity contribution in [3.05, 3.63) is 16.1 Å². The fourth-order valence-corrected chi connectivity index (χ4v) is 4.38. The molecule has 0 atom stereocenters. The molecule has 2 saturated heterocycles. The third kappa shape index (κ3) is 5.42. The van der Waals surface area contributed by atoms with Crippen molar-refractivity contribution in [2.45, 2.75) is 39.2 Å². The molecule has 0 saturated carbocycles. The fraction of sp³-hybridized carbons (Fsp3) is 0.737. The van der Waals surface area contributed by atoms with Gasteiger partial charge in [-0.2, -0.15) is 0 Å². The number of aliphatic imine (C=N–C) groups is 1. The monoisotopic (exact) mass is 392 g/mol. The van der Waals surface area contributed by atoms with Gasteiger partial charge < -0.3 is 15.1 Å². The number of amides is 1. The second-order valence-corrected chi connectivity index (χ2v) is 8.47. The summed E-state index contributed by atoms with van der Waals surface area (Å²) in [6.45, 7) is 11.0. The maximum absolute atomic E-state index is 12.3. The minimum Gasteiger partial charge on any atom is -0.351 e. The van der Waals surface area contributed by atoms with Crippen molar-refractivity contribution in [1.29, 1.82) is 0 Å².